The Labute approximate surface area is 124 Å². The summed E-state index contributed by atoms with van der Waals surface area (Å²) in [5.41, 5.74) is 1.15. The van der Waals surface area contributed by atoms with Crippen molar-refractivity contribution < 1.29 is 19.8 Å². The third-order valence-corrected chi connectivity index (χ3v) is 2.99. The molecule has 1 aromatic rings. The van der Waals surface area contributed by atoms with Crippen molar-refractivity contribution in [3.8, 4) is 0 Å². The summed E-state index contributed by atoms with van der Waals surface area (Å²) in [6.45, 7) is 2.87. The average molecular weight is 291 g/mol. The lowest BCUT2D eigenvalue weighted by molar-refractivity contribution is -0.131. The smallest absolute Gasteiger partial charge is 0.328 e. The van der Waals surface area contributed by atoms with Gasteiger partial charge in [0.1, 0.15) is 0 Å². The Balaban J connectivity index is 2.88. The summed E-state index contributed by atoms with van der Waals surface area (Å²) in [6, 6.07) is 6.79. The highest BCUT2D eigenvalue weighted by molar-refractivity contribution is 5.95. The minimum Gasteiger partial charge on any atom is -0.478 e. The Bertz CT molecular complexity index is 511. The maximum Gasteiger partial charge on any atom is 0.328 e. The lowest BCUT2D eigenvalue weighted by Crippen LogP contribution is -2.34. The molecule has 0 fully saturated rings. The van der Waals surface area contributed by atoms with Crippen molar-refractivity contribution in [3.05, 3.63) is 41.5 Å². The average Bonchev–Trinajstić information content (AvgIpc) is 2.49. The molecule has 114 valence electrons. The molecular formula is C16H21NO4. The Morgan fingerprint density at radius 2 is 2.05 bits per heavy atom. The summed E-state index contributed by atoms with van der Waals surface area (Å²) in [7, 11) is 0. The summed E-state index contributed by atoms with van der Waals surface area (Å²) in [5.74, 6) is -1.18. The molecule has 1 aromatic carbocycles. The van der Waals surface area contributed by atoms with E-state index in [4.69, 9.17) is 10.2 Å². The van der Waals surface area contributed by atoms with E-state index < -0.39 is 5.97 Å². The van der Waals surface area contributed by atoms with Crippen molar-refractivity contribution >= 4 is 18.0 Å². The molecule has 1 rings (SSSR count). The molecule has 1 amide bonds. The van der Waals surface area contributed by atoms with Gasteiger partial charge >= 0.3 is 5.97 Å². The molecule has 2 N–H and O–H groups in total. The number of amides is 1. The number of carbonyl (C=O) groups excluding carboxylic acids is 1. The number of nitrogens with zero attached hydrogens (tertiary/aromatic N) is 1. The second-order valence-corrected chi connectivity index (χ2v) is 4.67. The van der Waals surface area contributed by atoms with Crippen LogP contribution in [0.3, 0.4) is 0 Å². The monoisotopic (exact) mass is 291 g/mol. The van der Waals surface area contributed by atoms with E-state index in [9.17, 15) is 9.59 Å². The summed E-state index contributed by atoms with van der Waals surface area (Å²) < 4.78 is 0. The van der Waals surface area contributed by atoms with E-state index in [1.54, 1.807) is 29.2 Å². The van der Waals surface area contributed by atoms with Gasteiger partial charge in [0.2, 0.25) is 0 Å². The molecule has 0 heterocycles. The quantitative estimate of drug-likeness (QED) is 0.718. The van der Waals surface area contributed by atoms with Gasteiger partial charge in [-0.2, -0.15) is 0 Å². The molecule has 0 aliphatic rings. The van der Waals surface area contributed by atoms with Crippen molar-refractivity contribution in [1.82, 2.24) is 4.90 Å². The third kappa shape index (κ3) is 5.79. The van der Waals surface area contributed by atoms with Gasteiger partial charge in [-0.1, -0.05) is 25.5 Å². The van der Waals surface area contributed by atoms with Crippen LogP contribution >= 0.6 is 0 Å². The number of aliphatic carboxylic acids is 1. The first-order chi connectivity index (χ1) is 10.1. The molecule has 0 saturated carbocycles. The Kier molecular flexibility index (Phi) is 7.18. The zero-order valence-corrected chi connectivity index (χ0v) is 12.2. The number of carboxylic acid groups (broad SMARTS) is 1. The van der Waals surface area contributed by atoms with Gasteiger partial charge in [-0.15, -0.1) is 0 Å². The van der Waals surface area contributed by atoms with E-state index in [1.807, 2.05) is 6.92 Å². The fourth-order valence-corrected chi connectivity index (χ4v) is 1.91. The number of carbonyl (C=O) groups is 2. The van der Waals surface area contributed by atoms with E-state index in [2.05, 4.69) is 0 Å². The summed E-state index contributed by atoms with van der Waals surface area (Å²) in [4.78, 5) is 24.5. The molecule has 0 aliphatic heterocycles. The first-order valence-electron chi connectivity index (χ1n) is 6.99. The van der Waals surface area contributed by atoms with Crippen LogP contribution in [0.15, 0.2) is 30.3 Å². The predicted molar refractivity (Wildman–Crippen MR) is 81.0 cm³/mol. The predicted octanol–water partition coefficient (Wildman–Crippen LogP) is 2.02. The molecule has 0 unspecified atom stereocenters. The van der Waals surface area contributed by atoms with Crippen molar-refractivity contribution in [2.75, 3.05) is 19.7 Å². The standard InChI is InChI=1S/C16H21NO4/c1-2-3-9-17(10-11-18)16(21)14-6-4-5-13(12-14)7-8-15(19)20/h4-8,12,18H,2-3,9-11H2,1H3,(H,19,20). The van der Waals surface area contributed by atoms with Crippen LogP contribution in [-0.2, 0) is 4.79 Å². The third-order valence-electron chi connectivity index (χ3n) is 2.99. The molecule has 5 heteroatoms. The number of hydrogen-bond donors (Lipinski definition) is 2. The van der Waals surface area contributed by atoms with Crippen LogP contribution in [0.1, 0.15) is 35.7 Å². The van der Waals surface area contributed by atoms with Gasteiger partial charge < -0.3 is 15.1 Å². The fraction of sp³-hybridized carbons (Fsp3) is 0.375. The number of benzene rings is 1. The molecule has 5 nitrogen and oxygen atoms in total. The number of rotatable bonds is 8. The van der Waals surface area contributed by atoms with Gasteiger partial charge in [0.05, 0.1) is 6.61 Å². The molecule has 0 atom stereocenters. The largest absolute Gasteiger partial charge is 0.478 e. The van der Waals surface area contributed by atoms with Crippen molar-refractivity contribution in [2.45, 2.75) is 19.8 Å². The van der Waals surface area contributed by atoms with Crippen molar-refractivity contribution in [3.63, 3.8) is 0 Å². The minimum absolute atomic E-state index is 0.0753. The first kappa shape index (κ1) is 16.9. The Hall–Kier alpha value is -2.14. The molecular weight excluding hydrogens is 270 g/mol. The maximum absolute atomic E-state index is 12.4. The van der Waals surface area contributed by atoms with Gasteiger partial charge in [-0.3, -0.25) is 4.79 Å². The van der Waals surface area contributed by atoms with E-state index >= 15 is 0 Å². The van der Waals surface area contributed by atoms with E-state index in [0.717, 1.165) is 18.9 Å². The van der Waals surface area contributed by atoms with Gasteiger partial charge in [0.25, 0.3) is 5.91 Å². The molecule has 0 radical (unpaired) electrons. The van der Waals surface area contributed by atoms with Gasteiger partial charge in [-0.05, 0) is 30.2 Å². The van der Waals surface area contributed by atoms with Gasteiger partial charge in [0.15, 0.2) is 0 Å². The highest BCUT2D eigenvalue weighted by atomic mass is 16.4. The molecule has 0 saturated heterocycles. The number of aliphatic hydroxyl groups excluding tert-OH is 1. The summed E-state index contributed by atoms with van der Waals surface area (Å²) in [5, 5.41) is 17.7. The van der Waals surface area contributed by atoms with E-state index in [-0.39, 0.29) is 12.5 Å². The molecule has 21 heavy (non-hydrogen) atoms. The van der Waals surface area contributed by atoms with Crippen LogP contribution in [0, 0.1) is 0 Å². The first-order valence-corrected chi connectivity index (χ1v) is 6.99. The van der Waals surface area contributed by atoms with E-state index in [1.165, 1.54) is 6.08 Å². The van der Waals surface area contributed by atoms with Crippen LogP contribution in [0.5, 0.6) is 0 Å². The normalized spacial score (nSPS) is 10.8. The van der Waals surface area contributed by atoms with E-state index in [0.29, 0.717) is 24.2 Å². The topological polar surface area (TPSA) is 77.8 Å². The minimum atomic E-state index is -1.03. The molecule has 0 aromatic heterocycles. The Morgan fingerprint density at radius 3 is 2.67 bits per heavy atom. The fourth-order valence-electron chi connectivity index (χ4n) is 1.91. The lowest BCUT2D eigenvalue weighted by Gasteiger charge is -2.21. The van der Waals surface area contributed by atoms with Crippen molar-refractivity contribution in [1.29, 1.82) is 0 Å². The molecule has 0 aliphatic carbocycles. The van der Waals surface area contributed by atoms with Crippen LogP contribution in [0.25, 0.3) is 6.08 Å². The number of hydrogen-bond acceptors (Lipinski definition) is 3. The van der Waals surface area contributed by atoms with Crippen LogP contribution < -0.4 is 0 Å². The number of aliphatic hydroxyl groups is 1. The van der Waals surface area contributed by atoms with Gasteiger partial charge in [0, 0.05) is 24.7 Å². The maximum atomic E-state index is 12.4. The lowest BCUT2D eigenvalue weighted by atomic mass is 10.1. The Morgan fingerprint density at radius 1 is 1.29 bits per heavy atom. The summed E-state index contributed by atoms with van der Waals surface area (Å²) in [6.07, 6.45) is 4.33. The highest BCUT2D eigenvalue weighted by Crippen LogP contribution is 2.11. The van der Waals surface area contributed by atoms with Crippen molar-refractivity contribution in [2.24, 2.45) is 0 Å². The second-order valence-electron chi connectivity index (χ2n) is 4.67. The van der Waals surface area contributed by atoms with Crippen LogP contribution in [0.4, 0.5) is 0 Å². The second kappa shape index (κ2) is 8.92. The zero-order chi connectivity index (χ0) is 15.7. The highest BCUT2D eigenvalue weighted by Gasteiger charge is 2.14. The van der Waals surface area contributed by atoms with Gasteiger partial charge in [-0.25, -0.2) is 4.79 Å². The summed E-state index contributed by atoms with van der Waals surface area (Å²) >= 11 is 0. The number of unbranched alkanes of at least 4 members (excludes halogenated alkanes) is 1. The SMILES string of the molecule is CCCCN(CCO)C(=O)c1cccc(C=CC(=O)O)c1. The number of carboxylic acids is 1. The zero-order valence-electron chi connectivity index (χ0n) is 12.2. The molecule has 0 bridgehead atoms. The van der Waals surface area contributed by atoms with Crippen LogP contribution in [-0.4, -0.2) is 46.7 Å². The molecule has 0 spiro atoms. The van der Waals surface area contributed by atoms with Crippen LogP contribution in [0.2, 0.25) is 0 Å².